The van der Waals surface area contributed by atoms with Crippen LogP contribution in [0, 0.1) is 5.92 Å². The molecule has 1 aliphatic rings. The Morgan fingerprint density at radius 1 is 1.44 bits per heavy atom. The van der Waals surface area contributed by atoms with Crippen LogP contribution in [0.2, 0.25) is 5.02 Å². The molecule has 1 fully saturated rings. The Balaban J connectivity index is 1.83. The first-order valence-corrected chi connectivity index (χ1v) is 6.78. The van der Waals surface area contributed by atoms with Crippen molar-refractivity contribution in [2.75, 3.05) is 26.8 Å². The van der Waals surface area contributed by atoms with Crippen molar-refractivity contribution in [1.29, 1.82) is 0 Å². The predicted octanol–water partition coefficient (Wildman–Crippen LogP) is 2.86. The van der Waals surface area contributed by atoms with Gasteiger partial charge >= 0.3 is 0 Å². The van der Waals surface area contributed by atoms with Gasteiger partial charge in [0, 0.05) is 17.1 Å². The van der Waals surface area contributed by atoms with Crippen LogP contribution in [0.1, 0.15) is 18.4 Å². The first-order chi connectivity index (χ1) is 8.79. The number of piperidine rings is 1. The maximum absolute atomic E-state index is 5.98. The number of nitrogens with one attached hydrogen (secondary N) is 1. The first kappa shape index (κ1) is 13.7. The second-order valence-corrected chi connectivity index (χ2v) is 5.12. The summed E-state index contributed by atoms with van der Waals surface area (Å²) in [6, 6.07) is 5.61. The molecule has 2 rings (SSSR count). The lowest BCUT2D eigenvalue weighted by Crippen LogP contribution is -2.32. The van der Waals surface area contributed by atoms with Crippen LogP contribution in [0.25, 0.3) is 0 Å². The maximum Gasteiger partial charge on any atom is 0.124 e. The quantitative estimate of drug-likeness (QED) is 0.892. The summed E-state index contributed by atoms with van der Waals surface area (Å²) in [5, 5.41) is 4.11. The van der Waals surface area contributed by atoms with Crippen molar-refractivity contribution in [3.8, 4) is 5.75 Å². The first-order valence-electron chi connectivity index (χ1n) is 6.40. The molecule has 0 saturated carbocycles. The third-order valence-electron chi connectivity index (χ3n) is 3.25. The Morgan fingerprint density at radius 2 is 2.33 bits per heavy atom. The van der Waals surface area contributed by atoms with Crippen LogP contribution in [0.3, 0.4) is 0 Å². The monoisotopic (exact) mass is 269 g/mol. The van der Waals surface area contributed by atoms with E-state index in [-0.39, 0.29) is 0 Å². The highest BCUT2D eigenvalue weighted by Crippen LogP contribution is 2.23. The molecule has 1 heterocycles. The number of hydrogen-bond donors (Lipinski definition) is 1. The van der Waals surface area contributed by atoms with Crippen LogP contribution in [-0.4, -0.2) is 26.8 Å². The number of ether oxygens (including phenoxy) is 2. The van der Waals surface area contributed by atoms with Gasteiger partial charge in [0.25, 0.3) is 0 Å². The van der Waals surface area contributed by atoms with Crippen molar-refractivity contribution in [2.45, 2.75) is 19.4 Å². The summed E-state index contributed by atoms with van der Waals surface area (Å²) >= 11 is 5.98. The van der Waals surface area contributed by atoms with E-state index in [2.05, 4.69) is 5.32 Å². The van der Waals surface area contributed by atoms with Gasteiger partial charge in [0.2, 0.25) is 0 Å². The molecule has 0 bridgehead atoms. The average Bonchev–Trinajstić information content (AvgIpc) is 2.40. The number of halogens is 1. The third-order valence-corrected chi connectivity index (χ3v) is 3.49. The molecule has 18 heavy (non-hydrogen) atoms. The Hall–Kier alpha value is -0.770. The molecule has 0 radical (unpaired) electrons. The highest BCUT2D eigenvalue weighted by molar-refractivity contribution is 6.30. The van der Waals surface area contributed by atoms with E-state index in [4.69, 9.17) is 21.1 Å². The van der Waals surface area contributed by atoms with Gasteiger partial charge in [-0.05, 0) is 43.5 Å². The Labute approximate surface area is 113 Å². The highest BCUT2D eigenvalue weighted by atomic mass is 35.5. The normalized spacial score (nSPS) is 19.8. The van der Waals surface area contributed by atoms with Crippen LogP contribution < -0.4 is 10.1 Å². The number of rotatable bonds is 5. The third kappa shape index (κ3) is 3.87. The SMILES string of the molecule is COc1ccc(Cl)cc1COCC1CCCNC1. The van der Waals surface area contributed by atoms with Gasteiger partial charge < -0.3 is 14.8 Å². The minimum Gasteiger partial charge on any atom is -0.496 e. The summed E-state index contributed by atoms with van der Waals surface area (Å²) in [6.45, 7) is 3.55. The molecule has 4 heteroatoms. The molecular weight excluding hydrogens is 250 g/mol. The predicted molar refractivity (Wildman–Crippen MR) is 73.3 cm³/mol. The van der Waals surface area contributed by atoms with Gasteiger partial charge in [-0.3, -0.25) is 0 Å². The maximum atomic E-state index is 5.98. The summed E-state index contributed by atoms with van der Waals surface area (Å²) in [5.74, 6) is 1.46. The van der Waals surface area contributed by atoms with Crippen LogP contribution in [-0.2, 0) is 11.3 Å². The molecule has 3 nitrogen and oxygen atoms in total. The summed E-state index contributed by atoms with van der Waals surface area (Å²) in [7, 11) is 1.66. The van der Waals surface area contributed by atoms with E-state index in [1.54, 1.807) is 7.11 Å². The Bertz CT molecular complexity index is 378. The molecule has 0 amide bonds. The van der Waals surface area contributed by atoms with E-state index in [9.17, 15) is 0 Å². The van der Waals surface area contributed by atoms with E-state index >= 15 is 0 Å². The largest absolute Gasteiger partial charge is 0.496 e. The molecule has 0 spiro atoms. The summed E-state index contributed by atoms with van der Waals surface area (Å²) in [5.41, 5.74) is 1.01. The fraction of sp³-hybridized carbons (Fsp3) is 0.571. The fourth-order valence-electron chi connectivity index (χ4n) is 2.26. The lowest BCUT2D eigenvalue weighted by Gasteiger charge is -2.22. The van der Waals surface area contributed by atoms with Gasteiger partial charge in [0.05, 0.1) is 20.3 Å². The Kier molecular flexibility index (Phi) is 5.29. The average molecular weight is 270 g/mol. The minimum absolute atomic E-state index is 0.556. The zero-order chi connectivity index (χ0) is 12.8. The topological polar surface area (TPSA) is 30.5 Å². The van der Waals surface area contributed by atoms with E-state index < -0.39 is 0 Å². The minimum atomic E-state index is 0.556. The second kappa shape index (κ2) is 6.98. The van der Waals surface area contributed by atoms with Crippen LogP contribution >= 0.6 is 11.6 Å². The van der Waals surface area contributed by atoms with Gasteiger partial charge in [0.1, 0.15) is 5.75 Å². The Morgan fingerprint density at radius 3 is 3.06 bits per heavy atom. The van der Waals surface area contributed by atoms with Crippen LogP contribution in [0.4, 0.5) is 0 Å². The molecular formula is C14H20ClNO2. The molecule has 1 N–H and O–H groups in total. The smallest absolute Gasteiger partial charge is 0.124 e. The van der Waals surface area contributed by atoms with Crippen molar-refractivity contribution in [1.82, 2.24) is 5.32 Å². The van der Waals surface area contributed by atoms with Gasteiger partial charge in [-0.25, -0.2) is 0 Å². The van der Waals surface area contributed by atoms with Crippen molar-refractivity contribution >= 4 is 11.6 Å². The van der Waals surface area contributed by atoms with Gasteiger partial charge in [0.15, 0.2) is 0 Å². The van der Waals surface area contributed by atoms with Gasteiger partial charge in [-0.1, -0.05) is 11.6 Å². The van der Waals surface area contributed by atoms with Crippen molar-refractivity contribution in [2.24, 2.45) is 5.92 Å². The zero-order valence-electron chi connectivity index (χ0n) is 10.7. The van der Waals surface area contributed by atoms with Crippen LogP contribution in [0.5, 0.6) is 5.75 Å². The van der Waals surface area contributed by atoms with Crippen molar-refractivity contribution in [3.63, 3.8) is 0 Å². The number of methoxy groups -OCH3 is 1. The number of benzene rings is 1. The van der Waals surface area contributed by atoms with Crippen molar-refractivity contribution < 1.29 is 9.47 Å². The van der Waals surface area contributed by atoms with E-state index in [1.165, 1.54) is 12.8 Å². The number of hydrogen-bond acceptors (Lipinski definition) is 3. The molecule has 1 saturated heterocycles. The molecule has 1 aromatic carbocycles. The molecule has 1 aromatic rings. The highest BCUT2D eigenvalue weighted by Gasteiger charge is 2.13. The van der Waals surface area contributed by atoms with E-state index in [1.807, 2.05) is 18.2 Å². The zero-order valence-corrected chi connectivity index (χ0v) is 11.5. The molecule has 1 unspecified atom stereocenters. The van der Waals surface area contributed by atoms with Gasteiger partial charge in [-0.2, -0.15) is 0 Å². The molecule has 100 valence electrons. The molecule has 0 aromatic heterocycles. The summed E-state index contributed by atoms with van der Waals surface area (Å²) < 4.78 is 11.1. The molecule has 0 aliphatic carbocycles. The van der Waals surface area contributed by atoms with Crippen molar-refractivity contribution in [3.05, 3.63) is 28.8 Å². The summed E-state index contributed by atoms with van der Waals surface area (Å²) in [4.78, 5) is 0. The fourth-order valence-corrected chi connectivity index (χ4v) is 2.46. The lowest BCUT2D eigenvalue weighted by molar-refractivity contribution is 0.0770. The van der Waals surface area contributed by atoms with Crippen LogP contribution in [0.15, 0.2) is 18.2 Å². The van der Waals surface area contributed by atoms with E-state index in [0.717, 1.165) is 31.0 Å². The second-order valence-electron chi connectivity index (χ2n) is 4.68. The molecule has 1 aliphatic heterocycles. The lowest BCUT2D eigenvalue weighted by atomic mass is 10.0. The summed E-state index contributed by atoms with van der Waals surface area (Å²) in [6.07, 6.45) is 2.49. The van der Waals surface area contributed by atoms with Gasteiger partial charge in [-0.15, -0.1) is 0 Å². The van der Waals surface area contributed by atoms with E-state index in [0.29, 0.717) is 17.5 Å². The molecule has 1 atom stereocenters. The standard InChI is InChI=1S/C14H20ClNO2/c1-17-14-5-4-13(15)7-12(14)10-18-9-11-3-2-6-16-8-11/h4-5,7,11,16H,2-3,6,8-10H2,1H3.